The molecular formula is C17H19N3O2. The van der Waals surface area contributed by atoms with Crippen molar-refractivity contribution < 1.29 is 9.59 Å². The number of hydrogen-bond donors (Lipinski definition) is 2. The number of nitrogens with zero attached hydrogens (tertiary/aromatic N) is 1. The van der Waals surface area contributed by atoms with Gasteiger partial charge in [0.25, 0.3) is 5.91 Å². The van der Waals surface area contributed by atoms with E-state index >= 15 is 0 Å². The summed E-state index contributed by atoms with van der Waals surface area (Å²) in [5.41, 5.74) is 3.13. The highest BCUT2D eigenvalue weighted by atomic mass is 16.2. The van der Waals surface area contributed by atoms with Crippen LogP contribution < -0.4 is 10.6 Å². The maximum atomic E-state index is 12.2. The second-order valence-corrected chi connectivity index (χ2v) is 4.95. The third-order valence-corrected chi connectivity index (χ3v) is 3.22. The maximum absolute atomic E-state index is 12.2. The first-order valence-electron chi connectivity index (χ1n) is 7.18. The van der Waals surface area contributed by atoms with Gasteiger partial charge in [0, 0.05) is 24.4 Å². The first kappa shape index (κ1) is 15.7. The number of rotatable bonds is 5. The lowest BCUT2D eigenvalue weighted by atomic mass is 10.1. The third-order valence-electron chi connectivity index (χ3n) is 3.22. The van der Waals surface area contributed by atoms with Gasteiger partial charge < -0.3 is 10.6 Å². The highest BCUT2D eigenvalue weighted by Crippen LogP contribution is 2.12. The van der Waals surface area contributed by atoms with Crippen LogP contribution in [0.1, 0.15) is 35.5 Å². The monoisotopic (exact) mass is 297 g/mol. The normalized spacial score (nSPS) is 10.1. The van der Waals surface area contributed by atoms with Crippen molar-refractivity contribution in [3.8, 4) is 0 Å². The van der Waals surface area contributed by atoms with Gasteiger partial charge in [-0.3, -0.25) is 14.6 Å². The van der Waals surface area contributed by atoms with Crippen molar-refractivity contribution in [2.75, 3.05) is 5.32 Å². The van der Waals surface area contributed by atoms with E-state index in [1.54, 1.807) is 18.3 Å². The molecule has 5 nitrogen and oxygen atoms in total. The smallest absolute Gasteiger partial charge is 0.255 e. The summed E-state index contributed by atoms with van der Waals surface area (Å²) >= 11 is 0. The Morgan fingerprint density at radius 2 is 1.86 bits per heavy atom. The molecule has 2 aromatic rings. The van der Waals surface area contributed by atoms with Crippen LogP contribution in [0.5, 0.6) is 0 Å². The second kappa shape index (κ2) is 7.36. The minimum atomic E-state index is -0.198. The van der Waals surface area contributed by atoms with Crippen LogP contribution in [-0.4, -0.2) is 16.8 Å². The number of hydrogen-bond acceptors (Lipinski definition) is 3. The van der Waals surface area contributed by atoms with Crippen molar-refractivity contribution in [2.24, 2.45) is 0 Å². The van der Waals surface area contributed by atoms with Crippen molar-refractivity contribution in [3.63, 3.8) is 0 Å². The fraction of sp³-hybridized carbons (Fsp3) is 0.235. The molecule has 0 spiro atoms. The molecule has 1 heterocycles. The molecule has 0 aliphatic carbocycles. The number of carbonyl (C=O) groups excluding carboxylic acids is 2. The lowest BCUT2D eigenvalue weighted by Crippen LogP contribution is -2.20. The number of anilines is 1. The zero-order chi connectivity index (χ0) is 15.9. The Morgan fingerprint density at radius 1 is 1.14 bits per heavy atom. The van der Waals surface area contributed by atoms with E-state index in [1.165, 1.54) is 12.5 Å². The number of aromatic nitrogens is 1. The molecule has 114 valence electrons. The van der Waals surface area contributed by atoms with E-state index in [1.807, 2.05) is 24.3 Å². The fourth-order valence-corrected chi connectivity index (χ4v) is 1.96. The van der Waals surface area contributed by atoms with Gasteiger partial charge in [-0.1, -0.05) is 19.1 Å². The Hall–Kier alpha value is -2.69. The van der Waals surface area contributed by atoms with Crippen LogP contribution in [0.2, 0.25) is 0 Å². The molecule has 1 aromatic carbocycles. The quantitative estimate of drug-likeness (QED) is 0.891. The molecule has 0 unspecified atom stereocenters. The van der Waals surface area contributed by atoms with Gasteiger partial charge in [0.15, 0.2) is 0 Å². The minimum Gasteiger partial charge on any atom is -0.351 e. The standard InChI is InChI=1S/C17H19N3O2/c1-3-13-4-6-15(7-5-13)20-17(22)14-8-9-18-16(10-14)11-19-12(2)21/h4-10H,3,11H2,1-2H3,(H,19,21)(H,20,22). The van der Waals surface area contributed by atoms with E-state index < -0.39 is 0 Å². The Balaban J connectivity index is 2.05. The average molecular weight is 297 g/mol. The molecule has 2 amide bonds. The second-order valence-electron chi connectivity index (χ2n) is 4.95. The van der Waals surface area contributed by atoms with Gasteiger partial charge >= 0.3 is 0 Å². The number of aryl methyl sites for hydroxylation is 1. The Kier molecular flexibility index (Phi) is 5.25. The summed E-state index contributed by atoms with van der Waals surface area (Å²) in [4.78, 5) is 27.3. The summed E-state index contributed by atoms with van der Waals surface area (Å²) in [5, 5.41) is 5.50. The van der Waals surface area contributed by atoms with Crippen molar-refractivity contribution in [1.82, 2.24) is 10.3 Å². The number of pyridine rings is 1. The molecule has 0 aliphatic rings. The maximum Gasteiger partial charge on any atom is 0.255 e. The highest BCUT2D eigenvalue weighted by molar-refractivity contribution is 6.04. The van der Waals surface area contributed by atoms with Crippen LogP contribution in [-0.2, 0) is 17.8 Å². The SMILES string of the molecule is CCc1ccc(NC(=O)c2ccnc(CNC(C)=O)c2)cc1. The van der Waals surface area contributed by atoms with Crippen molar-refractivity contribution in [2.45, 2.75) is 26.8 Å². The molecular weight excluding hydrogens is 278 g/mol. The number of amides is 2. The summed E-state index contributed by atoms with van der Waals surface area (Å²) in [6.07, 6.45) is 2.53. The molecule has 2 rings (SSSR count). The third kappa shape index (κ3) is 4.41. The van der Waals surface area contributed by atoms with Gasteiger partial charge in [0.2, 0.25) is 5.91 Å². The minimum absolute atomic E-state index is 0.132. The first-order valence-corrected chi connectivity index (χ1v) is 7.18. The predicted molar refractivity (Wildman–Crippen MR) is 85.5 cm³/mol. The van der Waals surface area contributed by atoms with Crippen molar-refractivity contribution in [1.29, 1.82) is 0 Å². The van der Waals surface area contributed by atoms with Crippen LogP contribution in [0.15, 0.2) is 42.6 Å². The molecule has 0 bridgehead atoms. The summed E-state index contributed by atoms with van der Waals surface area (Å²) in [6.45, 7) is 3.83. The highest BCUT2D eigenvalue weighted by Gasteiger charge is 2.07. The summed E-state index contributed by atoms with van der Waals surface area (Å²) < 4.78 is 0. The van der Waals surface area contributed by atoms with Gasteiger partial charge in [-0.25, -0.2) is 0 Å². The Labute approximate surface area is 129 Å². The molecule has 1 aromatic heterocycles. The van der Waals surface area contributed by atoms with Gasteiger partial charge in [0.1, 0.15) is 0 Å². The van der Waals surface area contributed by atoms with Gasteiger partial charge in [-0.05, 0) is 36.2 Å². The molecule has 0 aliphatic heterocycles. The lowest BCUT2D eigenvalue weighted by molar-refractivity contribution is -0.119. The van der Waals surface area contributed by atoms with Crippen molar-refractivity contribution in [3.05, 3.63) is 59.4 Å². The largest absolute Gasteiger partial charge is 0.351 e. The molecule has 0 fully saturated rings. The van der Waals surface area contributed by atoms with E-state index in [0.717, 1.165) is 12.1 Å². The first-order chi connectivity index (χ1) is 10.6. The average Bonchev–Trinajstić information content (AvgIpc) is 2.54. The number of benzene rings is 1. The summed E-state index contributed by atoms with van der Waals surface area (Å²) in [7, 11) is 0. The van der Waals surface area contributed by atoms with Crippen LogP contribution in [0.25, 0.3) is 0 Å². The van der Waals surface area contributed by atoms with Crippen LogP contribution in [0.4, 0.5) is 5.69 Å². The van der Waals surface area contributed by atoms with E-state index in [9.17, 15) is 9.59 Å². The molecule has 22 heavy (non-hydrogen) atoms. The van der Waals surface area contributed by atoms with Gasteiger partial charge in [-0.15, -0.1) is 0 Å². The van der Waals surface area contributed by atoms with Crippen LogP contribution >= 0.6 is 0 Å². The molecule has 2 N–H and O–H groups in total. The van der Waals surface area contributed by atoms with Crippen LogP contribution in [0.3, 0.4) is 0 Å². The molecule has 0 saturated carbocycles. The van der Waals surface area contributed by atoms with Crippen LogP contribution in [0, 0.1) is 0 Å². The molecule has 0 saturated heterocycles. The van der Waals surface area contributed by atoms with E-state index in [0.29, 0.717) is 17.8 Å². The number of carbonyl (C=O) groups is 2. The molecule has 0 radical (unpaired) electrons. The fourth-order valence-electron chi connectivity index (χ4n) is 1.96. The van der Waals surface area contributed by atoms with E-state index in [4.69, 9.17) is 0 Å². The lowest BCUT2D eigenvalue weighted by Gasteiger charge is -2.07. The Morgan fingerprint density at radius 3 is 2.50 bits per heavy atom. The van der Waals surface area contributed by atoms with Gasteiger partial charge in [0.05, 0.1) is 12.2 Å². The van der Waals surface area contributed by atoms with E-state index in [-0.39, 0.29) is 11.8 Å². The van der Waals surface area contributed by atoms with E-state index in [2.05, 4.69) is 22.5 Å². The topological polar surface area (TPSA) is 71.1 Å². The summed E-state index contributed by atoms with van der Waals surface area (Å²) in [5.74, 6) is -0.330. The zero-order valence-electron chi connectivity index (χ0n) is 12.7. The van der Waals surface area contributed by atoms with Gasteiger partial charge in [-0.2, -0.15) is 0 Å². The molecule has 5 heteroatoms. The molecule has 0 atom stereocenters. The summed E-state index contributed by atoms with van der Waals surface area (Å²) in [6, 6.07) is 11.1. The van der Waals surface area contributed by atoms with Crippen molar-refractivity contribution >= 4 is 17.5 Å². The predicted octanol–water partition coefficient (Wildman–Crippen LogP) is 2.53. The number of nitrogens with one attached hydrogen (secondary N) is 2. The Bertz CT molecular complexity index is 666. The zero-order valence-corrected chi connectivity index (χ0v) is 12.7.